The molecule has 7 nitrogen and oxygen atoms in total. The third kappa shape index (κ3) is 3.69. The van der Waals surface area contributed by atoms with E-state index in [9.17, 15) is 0 Å². The fourth-order valence-corrected chi connectivity index (χ4v) is 2.35. The summed E-state index contributed by atoms with van der Waals surface area (Å²) in [5.74, 6) is 1.62. The number of nitrogens with one attached hydrogen (secondary N) is 2. The average Bonchev–Trinajstić information content (AvgIpc) is 2.92. The number of anilines is 2. The quantitative estimate of drug-likeness (QED) is 0.866. The Morgan fingerprint density at radius 1 is 1.38 bits per heavy atom. The van der Waals surface area contributed by atoms with Gasteiger partial charge in [0.05, 0.1) is 24.9 Å². The Bertz CT molecular complexity index is 578. The molecule has 1 fully saturated rings. The summed E-state index contributed by atoms with van der Waals surface area (Å²) in [7, 11) is 1.92. The lowest BCUT2D eigenvalue weighted by Gasteiger charge is -2.23. The van der Waals surface area contributed by atoms with Crippen LogP contribution >= 0.6 is 0 Å². The molecular weight excluding hydrogens is 268 g/mol. The van der Waals surface area contributed by atoms with Gasteiger partial charge in [-0.25, -0.2) is 9.97 Å². The van der Waals surface area contributed by atoms with E-state index in [1.165, 1.54) is 0 Å². The summed E-state index contributed by atoms with van der Waals surface area (Å²) in [5, 5.41) is 10.8. The highest BCUT2D eigenvalue weighted by atomic mass is 16.5. The third-order valence-corrected chi connectivity index (χ3v) is 3.55. The molecule has 0 amide bonds. The molecule has 3 rings (SSSR count). The molecule has 0 saturated carbocycles. The fourth-order valence-electron chi connectivity index (χ4n) is 2.35. The van der Waals surface area contributed by atoms with Crippen LogP contribution in [-0.4, -0.2) is 39.0 Å². The first-order chi connectivity index (χ1) is 10.3. The van der Waals surface area contributed by atoms with Crippen LogP contribution in [0.5, 0.6) is 0 Å². The van der Waals surface area contributed by atoms with Gasteiger partial charge in [0.1, 0.15) is 18.0 Å². The molecule has 1 aliphatic rings. The van der Waals surface area contributed by atoms with Crippen LogP contribution in [0.15, 0.2) is 24.7 Å². The number of rotatable bonds is 5. The molecule has 7 heteroatoms. The molecule has 0 aromatic carbocycles. The van der Waals surface area contributed by atoms with Crippen molar-refractivity contribution >= 4 is 11.6 Å². The Morgan fingerprint density at radius 2 is 2.29 bits per heavy atom. The highest BCUT2D eigenvalue weighted by Gasteiger charge is 2.14. The van der Waals surface area contributed by atoms with Gasteiger partial charge in [-0.1, -0.05) is 0 Å². The van der Waals surface area contributed by atoms with Crippen molar-refractivity contribution in [2.45, 2.75) is 25.4 Å². The van der Waals surface area contributed by atoms with Crippen molar-refractivity contribution in [2.75, 3.05) is 23.8 Å². The number of ether oxygens (including phenoxy) is 1. The summed E-state index contributed by atoms with van der Waals surface area (Å²) in [4.78, 5) is 8.50. The van der Waals surface area contributed by atoms with Crippen molar-refractivity contribution in [1.29, 1.82) is 0 Å². The van der Waals surface area contributed by atoms with E-state index in [4.69, 9.17) is 4.74 Å². The van der Waals surface area contributed by atoms with Crippen LogP contribution in [0.25, 0.3) is 0 Å². The van der Waals surface area contributed by atoms with Crippen molar-refractivity contribution in [3.05, 3.63) is 30.4 Å². The van der Waals surface area contributed by atoms with Crippen molar-refractivity contribution in [2.24, 2.45) is 7.05 Å². The Kier molecular flexibility index (Phi) is 4.30. The highest BCUT2D eigenvalue weighted by Crippen LogP contribution is 2.15. The van der Waals surface area contributed by atoms with Crippen molar-refractivity contribution in [3.63, 3.8) is 0 Å². The van der Waals surface area contributed by atoms with Gasteiger partial charge in [-0.05, 0) is 18.9 Å². The number of nitrogens with zero attached hydrogens (tertiary/aromatic N) is 4. The van der Waals surface area contributed by atoms with E-state index in [2.05, 4.69) is 25.7 Å². The van der Waals surface area contributed by atoms with Gasteiger partial charge in [-0.15, -0.1) is 0 Å². The van der Waals surface area contributed by atoms with Crippen molar-refractivity contribution in [1.82, 2.24) is 19.7 Å². The second kappa shape index (κ2) is 6.53. The summed E-state index contributed by atoms with van der Waals surface area (Å²) >= 11 is 0. The number of aromatic nitrogens is 4. The molecule has 1 saturated heterocycles. The highest BCUT2D eigenvalue weighted by molar-refractivity contribution is 5.47. The van der Waals surface area contributed by atoms with Gasteiger partial charge < -0.3 is 15.4 Å². The molecule has 21 heavy (non-hydrogen) atoms. The summed E-state index contributed by atoms with van der Waals surface area (Å²) in [6.45, 7) is 2.28. The van der Waals surface area contributed by atoms with E-state index >= 15 is 0 Å². The minimum absolute atomic E-state index is 0.332. The second-order valence-electron chi connectivity index (χ2n) is 5.15. The van der Waals surface area contributed by atoms with Crippen LogP contribution < -0.4 is 10.6 Å². The molecule has 3 heterocycles. The second-order valence-corrected chi connectivity index (χ2v) is 5.15. The predicted molar refractivity (Wildman–Crippen MR) is 80.0 cm³/mol. The zero-order valence-electron chi connectivity index (χ0n) is 12.1. The van der Waals surface area contributed by atoms with Crippen LogP contribution in [-0.2, 0) is 18.3 Å². The predicted octanol–water partition coefficient (Wildman–Crippen LogP) is 1.41. The fraction of sp³-hybridized carbons (Fsp3) is 0.500. The van der Waals surface area contributed by atoms with E-state index in [1.54, 1.807) is 12.5 Å². The van der Waals surface area contributed by atoms with Crippen LogP contribution in [0.1, 0.15) is 18.5 Å². The zero-order valence-corrected chi connectivity index (χ0v) is 12.1. The van der Waals surface area contributed by atoms with Gasteiger partial charge in [0.15, 0.2) is 0 Å². The first-order valence-electron chi connectivity index (χ1n) is 7.18. The van der Waals surface area contributed by atoms with E-state index in [1.807, 2.05) is 23.9 Å². The van der Waals surface area contributed by atoms with Gasteiger partial charge in [0.2, 0.25) is 0 Å². The minimum Gasteiger partial charge on any atom is -0.379 e. The van der Waals surface area contributed by atoms with E-state index in [0.717, 1.165) is 43.4 Å². The maximum atomic E-state index is 5.46. The molecule has 1 aliphatic heterocycles. The topological polar surface area (TPSA) is 76.9 Å². The molecular formula is C14H20N6O. The summed E-state index contributed by atoms with van der Waals surface area (Å²) in [6, 6.07) is 4.23. The lowest BCUT2D eigenvalue weighted by atomic mass is 10.1. The molecule has 2 aromatic heterocycles. The van der Waals surface area contributed by atoms with E-state index in [-0.39, 0.29) is 0 Å². The number of aryl methyl sites for hydroxylation is 1. The Labute approximate surface area is 123 Å². The largest absolute Gasteiger partial charge is 0.379 e. The molecule has 0 unspecified atom stereocenters. The molecule has 2 N–H and O–H groups in total. The molecule has 1 atom stereocenters. The van der Waals surface area contributed by atoms with E-state index < -0.39 is 0 Å². The van der Waals surface area contributed by atoms with Crippen molar-refractivity contribution < 1.29 is 4.74 Å². The average molecular weight is 288 g/mol. The lowest BCUT2D eigenvalue weighted by Crippen LogP contribution is -2.30. The van der Waals surface area contributed by atoms with Crippen LogP contribution in [0.3, 0.4) is 0 Å². The molecule has 0 radical (unpaired) electrons. The summed E-state index contributed by atoms with van der Waals surface area (Å²) in [5.41, 5.74) is 1.10. The monoisotopic (exact) mass is 288 g/mol. The maximum Gasteiger partial charge on any atom is 0.131 e. The van der Waals surface area contributed by atoms with Gasteiger partial charge in [-0.2, -0.15) is 5.10 Å². The Balaban J connectivity index is 1.58. The summed E-state index contributed by atoms with van der Waals surface area (Å²) in [6.07, 6.45) is 5.56. The van der Waals surface area contributed by atoms with Gasteiger partial charge in [0, 0.05) is 25.9 Å². The maximum absolute atomic E-state index is 5.46. The van der Waals surface area contributed by atoms with Crippen LogP contribution in [0, 0.1) is 0 Å². The normalized spacial score (nSPS) is 18.4. The van der Waals surface area contributed by atoms with Gasteiger partial charge in [-0.3, -0.25) is 4.68 Å². The van der Waals surface area contributed by atoms with Gasteiger partial charge in [0.25, 0.3) is 0 Å². The first-order valence-corrected chi connectivity index (χ1v) is 7.18. The van der Waals surface area contributed by atoms with E-state index in [0.29, 0.717) is 12.6 Å². The number of hydrogen-bond acceptors (Lipinski definition) is 6. The van der Waals surface area contributed by atoms with Crippen LogP contribution in [0.2, 0.25) is 0 Å². The van der Waals surface area contributed by atoms with Crippen molar-refractivity contribution in [3.8, 4) is 0 Å². The first kappa shape index (κ1) is 13.8. The summed E-state index contributed by atoms with van der Waals surface area (Å²) < 4.78 is 7.30. The Hall–Kier alpha value is -2.15. The standard InChI is InChI=1S/C14H20N6O/c1-20-12(4-5-18-20)8-15-13-7-14(17-10-16-13)19-11-3-2-6-21-9-11/h4-5,7,10-11H,2-3,6,8-9H2,1H3,(H2,15,16,17,19)/t11-/m0/s1. The molecule has 0 bridgehead atoms. The minimum atomic E-state index is 0.332. The van der Waals surface area contributed by atoms with Crippen LogP contribution in [0.4, 0.5) is 11.6 Å². The smallest absolute Gasteiger partial charge is 0.131 e. The Morgan fingerprint density at radius 3 is 3.05 bits per heavy atom. The number of hydrogen-bond donors (Lipinski definition) is 2. The zero-order chi connectivity index (χ0) is 14.5. The third-order valence-electron chi connectivity index (χ3n) is 3.55. The SMILES string of the molecule is Cn1nccc1CNc1cc(N[C@H]2CCCOC2)ncn1. The van der Waals surface area contributed by atoms with Gasteiger partial charge >= 0.3 is 0 Å². The molecule has 0 spiro atoms. The molecule has 112 valence electrons. The lowest BCUT2D eigenvalue weighted by molar-refractivity contribution is 0.0875. The molecule has 2 aromatic rings. The molecule has 0 aliphatic carbocycles.